The van der Waals surface area contributed by atoms with E-state index in [0.29, 0.717) is 53.9 Å². The first-order valence-electron chi connectivity index (χ1n) is 10.5. The molecule has 4 heteroatoms. The van der Waals surface area contributed by atoms with Gasteiger partial charge in [-0.3, -0.25) is 0 Å². The molecule has 9 rings (SSSR count). The molecule has 0 radical (unpaired) electrons. The van der Waals surface area contributed by atoms with Crippen molar-refractivity contribution in [2.45, 2.75) is 26.7 Å². The van der Waals surface area contributed by atoms with E-state index < -0.39 is 0 Å². The van der Waals surface area contributed by atoms with E-state index >= 15 is 0 Å². The van der Waals surface area contributed by atoms with Crippen molar-refractivity contribution < 1.29 is 19.1 Å². The lowest BCUT2D eigenvalue weighted by Gasteiger charge is -2.85. The quantitative estimate of drug-likeness (QED) is 0.575. The Morgan fingerprint density at radius 2 is 1.46 bits per heavy atom. The van der Waals surface area contributed by atoms with Crippen LogP contribution in [0.1, 0.15) is 26.7 Å². The number of rotatable bonds is 4. The minimum atomic E-state index is -0.259. The van der Waals surface area contributed by atoms with Gasteiger partial charge in [-0.15, -0.1) is 0 Å². The van der Waals surface area contributed by atoms with Crippen LogP contribution in [0.15, 0.2) is 23.3 Å². The Morgan fingerprint density at radius 3 is 2.12 bits per heavy atom. The summed E-state index contributed by atoms with van der Waals surface area (Å²) in [7, 11) is 0. The maximum absolute atomic E-state index is 12.9. The van der Waals surface area contributed by atoms with Gasteiger partial charge in [0.1, 0.15) is 0 Å². The summed E-state index contributed by atoms with van der Waals surface area (Å²) in [5.74, 6) is 5.38. The zero-order valence-electron chi connectivity index (χ0n) is 15.4. The summed E-state index contributed by atoms with van der Waals surface area (Å²) in [6.07, 6.45) is 7.31. The molecule has 0 aromatic heterocycles. The molecule has 0 heterocycles. The maximum atomic E-state index is 12.9. The molecule has 6 fully saturated rings. The summed E-state index contributed by atoms with van der Waals surface area (Å²) in [5, 5.41) is 0. The van der Waals surface area contributed by atoms with E-state index in [1.807, 2.05) is 13.8 Å². The number of esters is 2. The molecule has 0 spiro atoms. The first kappa shape index (κ1) is 15.5. The number of allylic oxidation sites excluding steroid dienone is 2. The minimum absolute atomic E-state index is 0.229. The van der Waals surface area contributed by atoms with Crippen molar-refractivity contribution >= 4 is 11.9 Å². The highest BCUT2D eigenvalue weighted by Crippen LogP contribution is 2.86. The van der Waals surface area contributed by atoms with Crippen molar-refractivity contribution in [1.29, 1.82) is 0 Å². The van der Waals surface area contributed by atoms with E-state index in [-0.39, 0.29) is 23.8 Å². The second-order valence-corrected chi connectivity index (χ2v) is 9.03. The predicted octanol–water partition coefficient (Wildman–Crippen LogP) is 2.99. The molecule has 0 saturated heterocycles. The van der Waals surface area contributed by atoms with E-state index in [1.54, 1.807) is 0 Å². The lowest BCUT2D eigenvalue weighted by atomic mass is 9.18. The summed E-state index contributed by atoms with van der Waals surface area (Å²) in [5.41, 5.74) is 1.41. The van der Waals surface area contributed by atoms with E-state index in [2.05, 4.69) is 12.2 Å². The molecule has 9 aliphatic rings. The van der Waals surface area contributed by atoms with Crippen LogP contribution in [-0.4, -0.2) is 25.2 Å². The summed E-state index contributed by atoms with van der Waals surface area (Å²) in [6, 6.07) is 0. The van der Waals surface area contributed by atoms with Crippen LogP contribution >= 0.6 is 0 Å². The molecule has 6 saturated carbocycles. The average molecular weight is 354 g/mol. The second kappa shape index (κ2) is 5.02. The average Bonchev–Trinajstić information content (AvgIpc) is 2.62. The van der Waals surface area contributed by atoms with Gasteiger partial charge < -0.3 is 9.47 Å². The minimum Gasteiger partial charge on any atom is -0.463 e. The molecule has 0 aliphatic heterocycles. The fourth-order valence-electron chi connectivity index (χ4n) is 8.54. The van der Waals surface area contributed by atoms with Gasteiger partial charge in [0, 0.05) is 0 Å². The third-order valence-electron chi connectivity index (χ3n) is 8.73. The van der Waals surface area contributed by atoms with E-state index in [9.17, 15) is 9.59 Å². The van der Waals surface area contributed by atoms with Gasteiger partial charge in [0.25, 0.3) is 0 Å². The monoisotopic (exact) mass is 354 g/mol. The lowest BCUT2D eigenvalue weighted by molar-refractivity contribution is -0.354. The van der Waals surface area contributed by atoms with Crippen molar-refractivity contribution in [3.8, 4) is 0 Å². The number of carbonyl (C=O) groups is 2. The topological polar surface area (TPSA) is 52.6 Å². The Kier molecular flexibility index (Phi) is 2.99. The number of hydrogen-bond donors (Lipinski definition) is 0. The van der Waals surface area contributed by atoms with Gasteiger partial charge >= 0.3 is 11.9 Å². The summed E-state index contributed by atoms with van der Waals surface area (Å²) >= 11 is 0. The zero-order chi connectivity index (χ0) is 17.7. The Balaban J connectivity index is 1.49. The molecule has 4 nitrogen and oxygen atoms in total. The molecule has 0 N–H and O–H groups in total. The van der Waals surface area contributed by atoms with Gasteiger partial charge in [-0.2, -0.15) is 0 Å². The predicted molar refractivity (Wildman–Crippen MR) is 93.6 cm³/mol. The zero-order valence-corrected chi connectivity index (χ0v) is 15.4. The van der Waals surface area contributed by atoms with Gasteiger partial charge in [-0.1, -0.05) is 12.2 Å². The highest BCUT2D eigenvalue weighted by Gasteiger charge is 2.83. The van der Waals surface area contributed by atoms with Crippen LogP contribution in [0.2, 0.25) is 0 Å². The molecule has 26 heavy (non-hydrogen) atoms. The Labute approximate surface area is 154 Å². The number of carbonyl (C=O) groups excluding carboxylic acids is 2. The SMILES string of the molecule is CCOC(=O)C1=C(C(=O)OCC)[C@H]2C3[C@@H]4[C@@H]5C=CCC[C@@H]5[C@@H]5[C@H]3[C@H]2[C@@H]5[C@H]14. The molecule has 0 aromatic carbocycles. The van der Waals surface area contributed by atoms with Crippen LogP contribution in [0, 0.1) is 59.2 Å². The highest BCUT2D eigenvalue weighted by molar-refractivity contribution is 6.02. The highest BCUT2D eigenvalue weighted by atomic mass is 16.5. The first-order valence-corrected chi connectivity index (χ1v) is 10.5. The largest absolute Gasteiger partial charge is 0.463 e. The normalized spacial score (nSPS) is 50.7. The van der Waals surface area contributed by atoms with Crippen LogP contribution < -0.4 is 0 Å². The third-order valence-corrected chi connectivity index (χ3v) is 8.73. The van der Waals surface area contributed by atoms with Crippen molar-refractivity contribution in [2.24, 2.45) is 59.2 Å². The van der Waals surface area contributed by atoms with Crippen LogP contribution in [0.5, 0.6) is 0 Å². The van der Waals surface area contributed by atoms with E-state index in [0.717, 1.165) is 17.8 Å². The molecule has 138 valence electrons. The molecule has 0 amide bonds. The second-order valence-electron chi connectivity index (χ2n) is 9.03. The van der Waals surface area contributed by atoms with Gasteiger partial charge in [-0.05, 0) is 85.9 Å². The van der Waals surface area contributed by atoms with E-state index in [4.69, 9.17) is 9.47 Å². The van der Waals surface area contributed by atoms with E-state index in [1.165, 1.54) is 12.8 Å². The van der Waals surface area contributed by atoms with Crippen molar-refractivity contribution in [1.82, 2.24) is 0 Å². The van der Waals surface area contributed by atoms with Crippen LogP contribution in [0.25, 0.3) is 0 Å². The van der Waals surface area contributed by atoms with Crippen molar-refractivity contribution in [3.63, 3.8) is 0 Å². The van der Waals surface area contributed by atoms with Crippen molar-refractivity contribution in [2.75, 3.05) is 13.2 Å². The fraction of sp³-hybridized carbons (Fsp3) is 0.727. The van der Waals surface area contributed by atoms with Crippen LogP contribution in [0.4, 0.5) is 0 Å². The molecule has 10 atom stereocenters. The standard InChI is InChI=1S/C22H26O4/c1-3-25-21(23)19-16-12-10-8-6-5-7-9(10)11-13-14(12)18(17(13)15(11)16)20(19)22(24)26-4-2/h6,8-18H,3-5,7H2,1-2H3/t9-,10+,11+,12-,13+,14?,15-,16+,17-,18-/m0/s1. The fourth-order valence-corrected chi connectivity index (χ4v) is 8.54. The molecule has 1 unspecified atom stereocenters. The summed E-state index contributed by atoms with van der Waals surface area (Å²) < 4.78 is 10.8. The molecular formula is C22H26O4. The van der Waals surface area contributed by atoms with Gasteiger partial charge in [-0.25, -0.2) is 9.59 Å². The molecule has 0 aromatic rings. The van der Waals surface area contributed by atoms with Crippen LogP contribution in [-0.2, 0) is 19.1 Å². The van der Waals surface area contributed by atoms with Crippen molar-refractivity contribution in [3.05, 3.63) is 23.3 Å². The number of hydrogen-bond acceptors (Lipinski definition) is 4. The van der Waals surface area contributed by atoms with Gasteiger partial charge in [0.05, 0.1) is 24.4 Å². The Bertz CT molecular complexity index is 764. The summed E-state index contributed by atoms with van der Waals surface area (Å²) in [4.78, 5) is 25.7. The molecule has 8 bridgehead atoms. The first-order chi connectivity index (χ1) is 12.7. The van der Waals surface area contributed by atoms with Crippen LogP contribution in [0.3, 0.4) is 0 Å². The smallest absolute Gasteiger partial charge is 0.334 e. The third kappa shape index (κ3) is 1.48. The molecular weight excluding hydrogens is 328 g/mol. The van der Waals surface area contributed by atoms with Gasteiger partial charge in [0.2, 0.25) is 0 Å². The Hall–Kier alpha value is -1.58. The maximum Gasteiger partial charge on any atom is 0.334 e. The van der Waals surface area contributed by atoms with Gasteiger partial charge in [0.15, 0.2) is 0 Å². The number of ether oxygens (including phenoxy) is 2. The molecule has 9 aliphatic carbocycles. The summed E-state index contributed by atoms with van der Waals surface area (Å²) in [6.45, 7) is 4.39. The Morgan fingerprint density at radius 1 is 0.885 bits per heavy atom. The lowest BCUT2D eigenvalue weighted by Crippen LogP contribution is -2.83.